The highest BCUT2D eigenvalue weighted by Crippen LogP contribution is 2.04. The molecule has 0 saturated heterocycles. The van der Waals surface area contributed by atoms with Crippen LogP contribution in [0.5, 0.6) is 0 Å². The van der Waals surface area contributed by atoms with Crippen LogP contribution in [0.1, 0.15) is 11.8 Å². The van der Waals surface area contributed by atoms with E-state index in [1.807, 2.05) is 24.4 Å². The summed E-state index contributed by atoms with van der Waals surface area (Å²) in [6.07, 6.45) is 1.72. The summed E-state index contributed by atoms with van der Waals surface area (Å²) >= 11 is 1.64. The van der Waals surface area contributed by atoms with Gasteiger partial charge in [0, 0.05) is 4.88 Å². The third kappa shape index (κ3) is 2.19. The van der Waals surface area contributed by atoms with Crippen LogP contribution in [0.15, 0.2) is 22.7 Å². The molecule has 0 bridgehead atoms. The van der Waals surface area contributed by atoms with Crippen LogP contribution in [0.25, 0.3) is 0 Å². The maximum atomic E-state index is 4.78. The maximum absolute atomic E-state index is 4.78. The third-order valence-electron chi connectivity index (χ3n) is 0.927. The average Bonchev–Trinajstić information content (AvgIpc) is 2.41. The van der Waals surface area contributed by atoms with Crippen LogP contribution in [-0.2, 0) is 4.84 Å². The topological polar surface area (TPSA) is 21.6 Å². The average molecular weight is 155 g/mol. The van der Waals surface area contributed by atoms with Gasteiger partial charge in [-0.1, -0.05) is 11.2 Å². The number of hydrogen-bond donors (Lipinski definition) is 0. The molecular weight excluding hydrogens is 146 g/mol. The summed E-state index contributed by atoms with van der Waals surface area (Å²) in [6, 6.07) is 3.98. The van der Waals surface area contributed by atoms with Crippen molar-refractivity contribution in [1.82, 2.24) is 0 Å². The molecule has 10 heavy (non-hydrogen) atoms. The van der Waals surface area contributed by atoms with Crippen LogP contribution >= 0.6 is 11.3 Å². The predicted molar refractivity (Wildman–Crippen MR) is 43.5 cm³/mol. The molecule has 1 rings (SSSR count). The van der Waals surface area contributed by atoms with Crippen molar-refractivity contribution in [3.63, 3.8) is 0 Å². The lowest BCUT2D eigenvalue weighted by Gasteiger charge is -1.87. The highest BCUT2D eigenvalue weighted by atomic mass is 32.1. The van der Waals surface area contributed by atoms with Crippen LogP contribution in [0.2, 0.25) is 0 Å². The fourth-order valence-corrected chi connectivity index (χ4v) is 1.10. The lowest BCUT2D eigenvalue weighted by molar-refractivity contribution is 0.160. The molecule has 3 heteroatoms. The first-order valence-corrected chi connectivity index (χ1v) is 4.00. The van der Waals surface area contributed by atoms with Crippen molar-refractivity contribution >= 4 is 17.6 Å². The molecule has 1 heterocycles. The summed E-state index contributed by atoms with van der Waals surface area (Å²) in [5, 5.41) is 5.72. The Kier molecular flexibility index (Phi) is 2.96. The standard InChI is InChI=1S/C7H9NOS/c1-2-9-8-6-7-4-3-5-10-7/h3-6H,2H2,1H3/b8-6+. The monoisotopic (exact) mass is 155 g/mol. The Morgan fingerprint density at radius 1 is 1.80 bits per heavy atom. The summed E-state index contributed by atoms with van der Waals surface area (Å²) < 4.78 is 0. The van der Waals surface area contributed by atoms with Crippen molar-refractivity contribution < 1.29 is 4.84 Å². The third-order valence-corrected chi connectivity index (χ3v) is 1.73. The van der Waals surface area contributed by atoms with Gasteiger partial charge in [0.2, 0.25) is 0 Å². The lowest BCUT2D eigenvalue weighted by atomic mass is 10.5. The minimum Gasteiger partial charge on any atom is -0.396 e. The van der Waals surface area contributed by atoms with Gasteiger partial charge >= 0.3 is 0 Å². The first kappa shape index (κ1) is 7.28. The summed E-state index contributed by atoms with van der Waals surface area (Å²) in [6.45, 7) is 2.54. The van der Waals surface area contributed by atoms with E-state index in [9.17, 15) is 0 Å². The molecular formula is C7H9NOS. The molecule has 0 spiro atoms. The van der Waals surface area contributed by atoms with E-state index in [1.54, 1.807) is 17.6 Å². The van der Waals surface area contributed by atoms with Gasteiger partial charge in [0.25, 0.3) is 0 Å². The molecule has 0 fully saturated rings. The van der Waals surface area contributed by atoms with Gasteiger partial charge in [-0.05, 0) is 18.4 Å². The molecule has 0 aliphatic carbocycles. The fraction of sp³-hybridized carbons (Fsp3) is 0.286. The van der Waals surface area contributed by atoms with Gasteiger partial charge in [-0.2, -0.15) is 0 Å². The zero-order valence-electron chi connectivity index (χ0n) is 5.78. The Morgan fingerprint density at radius 2 is 2.70 bits per heavy atom. The van der Waals surface area contributed by atoms with Gasteiger partial charge in [0.05, 0.1) is 6.21 Å². The van der Waals surface area contributed by atoms with Crippen molar-refractivity contribution in [1.29, 1.82) is 0 Å². The normalized spacial score (nSPS) is 10.5. The minimum atomic E-state index is 0.627. The molecule has 54 valence electrons. The fourth-order valence-electron chi connectivity index (χ4n) is 0.528. The highest BCUT2D eigenvalue weighted by Gasteiger charge is 1.84. The summed E-state index contributed by atoms with van der Waals surface area (Å²) in [5.41, 5.74) is 0. The summed E-state index contributed by atoms with van der Waals surface area (Å²) in [4.78, 5) is 5.90. The molecule has 0 unspecified atom stereocenters. The molecule has 0 saturated carbocycles. The Hall–Kier alpha value is -0.830. The second-order valence-corrected chi connectivity index (χ2v) is 2.65. The quantitative estimate of drug-likeness (QED) is 0.484. The van der Waals surface area contributed by atoms with E-state index in [1.165, 1.54) is 0 Å². The molecule has 0 radical (unpaired) electrons. The summed E-state index contributed by atoms with van der Waals surface area (Å²) in [5.74, 6) is 0. The van der Waals surface area contributed by atoms with Crippen molar-refractivity contribution in [3.05, 3.63) is 22.4 Å². The van der Waals surface area contributed by atoms with Crippen LogP contribution in [0.3, 0.4) is 0 Å². The van der Waals surface area contributed by atoms with Crippen molar-refractivity contribution in [2.24, 2.45) is 5.16 Å². The Balaban J connectivity index is 2.40. The number of nitrogens with zero attached hydrogens (tertiary/aromatic N) is 1. The predicted octanol–water partition coefficient (Wildman–Crippen LogP) is 2.12. The first-order chi connectivity index (χ1) is 4.93. The number of hydrogen-bond acceptors (Lipinski definition) is 3. The van der Waals surface area contributed by atoms with E-state index >= 15 is 0 Å². The molecule has 0 aromatic carbocycles. The second-order valence-electron chi connectivity index (χ2n) is 1.67. The van der Waals surface area contributed by atoms with Crippen molar-refractivity contribution in [2.75, 3.05) is 6.61 Å². The molecule has 0 amide bonds. The van der Waals surface area contributed by atoms with Gasteiger partial charge < -0.3 is 4.84 Å². The molecule has 2 nitrogen and oxygen atoms in total. The Labute approximate surface area is 64.1 Å². The Morgan fingerprint density at radius 3 is 3.30 bits per heavy atom. The number of thiophene rings is 1. The number of oxime groups is 1. The number of rotatable bonds is 3. The molecule has 0 atom stereocenters. The van der Waals surface area contributed by atoms with E-state index in [-0.39, 0.29) is 0 Å². The van der Waals surface area contributed by atoms with E-state index in [4.69, 9.17) is 4.84 Å². The summed E-state index contributed by atoms with van der Waals surface area (Å²) in [7, 11) is 0. The van der Waals surface area contributed by atoms with E-state index in [0.29, 0.717) is 6.61 Å². The van der Waals surface area contributed by atoms with Gasteiger partial charge in [-0.25, -0.2) is 0 Å². The van der Waals surface area contributed by atoms with Crippen molar-refractivity contribution in [3.8, 4) is 0 Å². The molecule has 0 aliphatic rings. The van der Waals surface area contributed by atoms with Crippen molar-refractivity contribution in [2.45, 2.75) is 6.92 Å². The van der Waals surface area contributed by atoms with Gasteiger partial charge in [0.1, 0.15) is 6.61 Å². The van der Waals surface area contributed by atoms with E-state index in [0.717, 1.165) is 4.88 Å². The zero-order chi connectivity index (χ0) is 7.23. The largest absolute Gasteiger partial charge is 0.396 e. The van der Waals surface area contributed by atoms with Gasteiger partial charge in [-0.3, -0.25) is 0 Å². The molecule has 1 aromatic heterocycles. The van der Waals surface area contributed by atoms with Crippen LogP contribution in [0, 0.1) is 0 Å². The van der Waals surface area contributed by atoms with E-state index in [2.05, 4.69) is 5.16 Å². The lowest BCUT2D eigenvalue weighted by Crippen LogP contribution is -1.79. The second kappa shape index (κ2) is 4.06. The Bertz CT molecular complexity index is 193. The van der Waals surface area contributed by atoms with Gasteiger partial charge in [0.15, 0.2) is 0 Å². The molecule has 0 aliphatic heterocycles. The molecule has 1 aromatic rings. The SMILES string of the molecule is CCO/N=C/c1cccs1. The smallest absolute Gasteiger partial charge is 0.114 e. The highest BCUT2D eigenvalue weighted by molar-refractivity contribution is 7.11. The van der Waals surface area contributed by atoms with Crippen LogP contribution in [0.4, 0.5) is 0 Å². The van der Waals surface area contributed by atoms with Crippen LogP contribution in [-0.4, -0.2) is 12.8 Å². The van der Waals surface area contributed by atoms with E-state index < -0.39 is 0 Å². The minimum absolute atomic E-state index is 0.627. The van der Waals surface area contributed by atoms with Gasteiger partial charge in [-0.15, -0.1) is 11.3 Å². The zero-order valence-corrected chi connectivity index (χ0v) is 6.60. The first-order valence-electron chi connectivity index (χ1n) is 3.12. The maximum Gasteiger partial charge on any atom is 0.114 e. The van der Waals surface area contributed by atoms with Crippen LogP contribution < -0.4 is 0 Å². The molecule has 0 N–H and O–H groups in total.